The number of aryl methyl sites for hydroxylation is 1. The van der Waals surface area contributed by atoms with Crippen molar-refractivity contribution in [2.45, 2.75) is 58.3 Å². The van der Waals surface area contributed by atoms with Gasteiger partial charge in [0.15, 0.2) is 0 Å². The van der Waals surface area contributed by atoms with Gasteiger partial charge in [-0.05, 0) is 65.0 Å². The standard InChI is InChI=1S/C22H27NO3/c1-13-8-17-18(22(4,5)7-6-21(17,2)3)10-15(13)16-9-14(12-23-26)19(24)11-20(16)25/h8-12,24-26H,6-7H2,1-5H3/b23-12+. The van der Waals surface area contributed by atoms with Crippen LogP contribution in [0.3, 0.4) is 0 Å². The molecule has 0 aromatic heterocycles. The smallest absolute Gasteiger partial charge is 0.128 e. The quantitative estimate of drug-likeness (QED) is 0.393. The Morgan fingerprint density at radius 2 is 1.42 bits per heavy atom. The number of fused-ring (bicyclic) bond motifs is 1. The van der Waals surface area contributed by atoms with Crippen LogP contribution in [-0.4, -0.2) is 21.6 Å². The van der Waals surface area contributed by atoms with Crippen molar-refractivity contribution in [1.82, 2.24) is 0 Å². The number of benzene rings is 2. The van der Waals surface area contributed by atoms with Gasteiger partial charge in [0.2, 0.25) is 0 Å². The van der Waals surface area contributed by atoms with Gasteiger partial charge in [-0.2, -0.15) is 0 Å². The van der Waals surface area contributed by atoms with Crippen molar-refractivity contribution in [3.05, 3.63) is 46.5 Å². The van der Waals surface area contributed by atoms with Crippen LogP contribution < -0.4 is 0 Å². The minimum absolute atomic E-state index is 0.00788. The molecule has 0 aliphatic heterocycles. The maximum atomic E-state index is 10.4. The summed E-state index contributed by atoms with van der Waals surface area (Å²) in [4.78, 5) is 0. The van der Waals surface area contributed by atoms with Crippen LogP contribution in [0.25, 0.3) is 11.1 Å². The van der Waals surface area contributed by atoms with E-state index in [9.17, 15) is 10.2 Å². The second-order valence-corrected chi connectivity index (χ2v) is 8.65. The van der Waals surface area contributed by atoms with Crippen LogP contribution in [0.2, 0.25) is 0 Å². The summed E-state index contributed by atoms with van der Waals surface area (Å²) in [5.41, 5.74) is 5.84. The largest absolute Gasteiger partial charge is 0.507 e. The molecule has 0 spiro atoms. The molecule has 4 heteroatoms. The first-order chi connectivity index (χ1) is 12.1. The Morgan fingerprint density at radius 1 is 0.846 bits per heavy atom. The molecule has 0 saturated carbocycles. The van der Waals surface area contributed by atoms with E-state index in [2.05, 4.69) is 45.0 Å². The fraction of sp³-hybridized carbons (Fsp3) is 0.409. The summed E-state index contributed by atoms with van der Waals surface area (Å²) in [6.07, 6.45) is 3.42. The number of nitrogens with zero attached hydrogens (tertiary/aromatic N) is 1. The Hall–Kier alpha value is -2.49. The van der Waals surface area contributed by atoms with Crippen molar-refractivity contribution < 1.29 is 15.4 Å². The molecule has 0 fully saturated rings. The Morgan fingerprint density at radius 3 is 2.00 bits per heavy atom. The van der Waals surface area contributed by atoms with Crippen molar-refractivity contribution in [3.8, 4) is 22.6 Å². The highest BCUT2D eigenvalue weighted by atomic mass is 16.4. The molecule has 3 N–H and O–H groups in total. The van der Waals surface area contributed by atoms with Gasteiger partial charge in [-0.15, -0.1) is 0 Å². The number of aromatic hydroxyl groups is 2. The van der Waals surface area contributed by atoms with E-state index in [0.29, 0.717) is 11.1 Å². The summed E-state index contributed by atoms with van der Waals surface area (Å²) in [5.74, 6) is -0.116. The van der Waals surface area contributed by atoms with Gasteiger partial charge in [0.1, 0.15) is 11.5 Å². The third kappa shape index (κ3) is 2.94. The van der Waals surface area contributed by atoms with E-state index in [4.69, 9.17) is 5.21 Å². The monoisotopic (exact) mass is 353 g/mol. The number of hydrogen-bond donors (Lipinski definition) is 3. The Bertz CT molecular complexity index is 895. The van der Waals surface area contributed by atoms with Crippen LogP contribution in [0.15, 0.2) is 29.4 Å². The average Bonchev–Trinajstić information content (AvgIpc) is 2.55. The zero-order valence-electron chi connectivity index (χ0n) is 16.1. The van der Waals surface area contributed by atoms with Gasteiger partial charge in [0.25, 0.3) is 0 Å². The van der Waals surface area contributed by atoms with Crippen LogP contribution in [0.1, 0.15) is 62.8 Å². The van der Waals surface area contributed by atoms with E-state index in [0.717, 1.165) is 24.0 Å². The van der Waals surface area contributed by atoms with Crippen molar-refractivity contribution >= 4 is 6.21 Å². The number of hydrogen-bond acceptors (Lipinski definition) is 4. The van der Waals surface area contributed by atoms with E-state index in [1.165, 1.54) is 23.4 Å². The molecule has 0 amide bonds. The molecular formula is C22H27NO3. The Labute approximate surface area is 154 Å². The van der Waals surface area contributed by atoms with Crippen LogP contribution in [0.4, 0.5) is 0 Å². The first-order valence-electron chi connectivity index (χ1n) is 8.96. The van der Waals surface area contributed by atoms with Crippen LogP contribution >= 0.6 is 0 Å². The summed E-state index contributed by atoms with van der Waals surface area (Å²) in [6.45, 7) is 11.1. The molecule has 0 bridgehead atoms. The molecule has 4 nitrogen and oxygen atoms in total. The van der Waals surface area contributed by atoms with E-state index in [-0.39, 0.29) is 22.3 Å². The van der Waals surface area contributed by atoms with Crippen LogP contribution in [0, 0.1) is 6.92 Å². The number of phenolic OH excluding ortho intramolecular Hbond substituents is 2. The molecule has 1 aliphatic carbocycles. The molecule has 3 rings (SSSR count). The van der Waals surface area contributed by atoms with Crippen LogP contribution in [-0.2, 0) is 10.8 Å². The maximum absolute atomic E-state index is 10.4. The van der Waals surface area contributed by atoms with E-state index in [1.807, 2.05) is 6.92 Å². The molecule has 0 unspecified atom stereocenters. The predicted molar refractivity (Wildman–Crippen MR) is 105 cm³/mol. The minimum Gasteiger partial charge on any atom is -0.507 e. The summed E-state index contributed by atoms with van der Waals surface area (Å²) < 4.78 is 0. The van der Waals surface area contributed by atoms with Gasteiger partial charge in [-0.25, -0.2) is 0 Å². The Balaban J connectivity index is 2.27. The van der Waals surface area contributed by atoms with Gasteiger partial charge in [0, 0.05) is 17.2 Å². The molecule has 138 valence electrons. The highest BCUT2D eigenvalue weighted by molar-refractivity contribution is 5.88. The Kier molecular flexibility index (Phi) is 4.26. The van der Waals surface area contributed by atoms with Gasteiger partial charge < -0.3 is 15.4 Å². The van der Waals surface area contributed by atoms with E-state index >= 15 is 0 Å². The van der Waals surface area contributed by atoms with Gasteiger partial charge >= 0.3 is 0 Å². The zero-order chi connectivity index (χ0) is 19.3. The second-order valence-electron chi connectivity index (χ2n) is 8.65. The van der Waals surface area contributed by atoms with Gasteiger partial charge in [-0.1, -0.05) is 38.9 Å². The SMILES string of the molecule is Cc1cc2c(cc1-c1cc(/C=N/O)c(O)cc1O)C(C)(C)CCC2(C)C. The highest BCUT2D eigenvalue weighted by Gasteiger charge is 2.37. The van der Waals surface area contributed by atoms with Crippen molar-refractivity contribution in [3.63, 3.8) is 0 Å². The number of oxime groups is 1. The first-order valence-corrected chi connectivity index (χ1v) is 8.96. The molecule has 1 aliphatic rings. The highest BCUT2D eigenvalue weighted by Crippen LogP contribution is 2.48. The zero-order valence-corrected chi connectivity index (χ0v) is 16.1. The normalized spacial score (nSPS) is 18.0. The summed E-state index contributed by atoms with van der Waals surface area (Å²) >= 11 is 0. The predicted octanol–water partition coefficient (Wildman–Crippen LogP) is 5.23. The lowest BCUT2D eigenvalue weighted by Gasteiger charge is -2.42. The van der Waals surface area contributed by atoms with Crippen molar-refractivity contribution in [1.29, 1.82) is 0 Å². The summed E-state index contributed by atoms with van der Waals surface area (Å²) in [6, 6.07) is 7.36. The summed E-state index contributed by atoms with van der Waals surface area (Å²) in [7, 11) is 0. The lowest BCUT2D eigenvalue weighted by atomic mass is 9.62. The lowest BCUT2D eigenvalue weighted by Crippen LogP contribution is -2.34. The number of phenols is 2. The van der Waals surface area contributed by atoms with Crippen LogP contribution in [0.5, 0.6) is 11.5 Å². The first kappa shape index (κ1) is 18.3. The lowest BCUT2D eigenvalue weighted by molar-refractivity contribution is 0.321. The van der Waals surface area contributed by atoms with E-state index < -0.39 is 0 Å². The molecule has 2 aromatic carbocycles. The topological polar surface area (TPSA) is 73.1 Å². The molecular weight excluding hydrogens is 326 g/mol. The fourth-order valence-electron chi connectivity index (χ4n) is 3.99. The fourth-order valence-corrected chi connectivity index (χ4v) is 3.99. The molecule has 0 radical (unpaired) electrons. The summed E-state index contributed by atoms with van der Waals surface area (Å²) in [5, 5.41) is 32.2. The maximum Gasteiger partial charge on any atom is 0.128 e. The molecule has 2 aromatic rings. The number of rotatable bonds is 2. The van der Waals surface area contributed by atoms with Crippen molar-refractivity contribution in [2.24, 2.45) is 5.16 Å². The second kappa shape index (κ2) is 6.04. The minimum atomic E-state index is -0.124. The molecule has 0 saturated heterocycles. The third-order valence-electron chi connectivity index (χ3n) is 5.83. The van der Waals surface area contributed by atoms with Crippen molar-refractivity contribution in [2.75, 3.05) is 0 Å². The van der Waals surface area contributed by atoms with E-state index in [1.54, 1.807) is 6.07 Å². The molecule has 0 atom stereocenters. The third-order valence-corrected chi connectivity index (χ3v) is 5.83. The molecule has 0 heterocycles. The van der Waals surface area contributed by atoms with Gasteiger partial charge in [0.05, 0.1) is 6.21 Å². The van der Waals surface area contributed by atoms with Gasteiger partial charge in [-0.3, -0.25) is 0 Å². The molecule has 26 heavy (non-hydrogen) atoms. The average molecular weight is 353 g/mol.